The van der Waals surface area contributed by atoms with E-state index in [9.17, 15) is 14.4 Å². The predicted octanol–water partition coefficient (Wildman–Crippen LogP) is 1.76. The van der Waals surface area contributed by atoms with E-state index >= 15 is 0 Å². The molecule has 0 aliphatic heterocycles. The van der Waals surface area contributed by atoms with Crippen LogP contribution in [-0.4, -0.2) is 28.0 Å². The standard InChI is InChI=1S/C16H18N2O4/c1-9(2)7-13(16(21)22)18-15(20)11-8-10-5-3-4-6-12(10)17-14(11)19/h3-6,8-9,13H,7H2,1-2H3,(H,17,19)(H,18,20)(H,21,22). The van der Waals surface area contributed by atoms with Crippen LogP contribution in [0.25, 0.3) is 10.9 Å². The van der Waals surface area contributed by atoms with Gasteiger partial charge in [-0.1, -0.05) is 32.0 Å². The Kier molecular flexibility index (Phi) is 4.60. The van der Waals surface area contributed by atoms with Crippen LogP contribution in [0.1, 0.15) is 30.6 Å². The largest absolute Gasteiger partial charge is 0.480 e. The normalized spacial score (nSPS) is 12.3. The molecule has 2 aromatic rings. The number of aromatic amines is 1. The van der Waals surface area contributed by atoms with Gasteiger partial charge < -0.3 is 15.4 Å². The van der Waals surface area contributed by atoms with Crippen LogP contribution in [0.2, 0.25) is 0 Å². The van der Waals surface area contributed by atoms with E-state index in [2.05, 4.69) is 10.3 Å². The summed E-state index contributed by atoms with van der Waals surface area (Å²) in [6, 6.07) is 7.53. The number of carbonyl (C=O) groups excluding carboxylic acids is 1. The molecule has 1 heterocycles. The van der Waals surface area contributed by atoms with Crippen LogP contribution in [-0.2, 0) is 4.79 Å². The Bertz CT molecular complexity index is 764. The summed E-state index contributed by atoms with van der Waals surface area (Å²) in [6.07, 6.45) is 0.298. The first-order valence-corrected chi connectivity index (χ1v) is 7.04. The molecule has 6 heteroatoms. The van der Waals surface area contributed by atoms with Gasteiger partial charge in [0.25, 0.3) is 11.5 Å². The number of hydrogen-bond acceptors (Lipinski definition) is 3. The highest BCUT2D eigenvalue weighted by atomic mass is 16.4. The van der Waals surface area contributed by atoms with Crippen molar-refractivity contribution in [1.29, 1.82) is 0 Å². The van der Waals surface area contributed by atoms with Gasteiger partial charge in [0.05, 0.1) is 0 Å². The highest BCUT2D eigenvalue weighted by molar-refractivity contribution is 5.98. The third kappa shape index (κ3) is 3.52. The molecular weight excluding hydrogens is 284 g/mol. The molecule has 6 nitrogen and oxygen atoms in total. The van der Waals surface area contributed by atoms with Gasteiger partial charge in [0, 0.05) is 5.52 Å². The lowest BCUT2D eigenvalue weighted by Gasteiger charge is -2.16. The molecule has 0 fully saturated rings. The first kappa shape index (κ1) is 15.8. The molecule has 0 aliphatic rings. The third-order valence-corrected chi connectivity index (χ3v) is 3.31. The van der Waals surface area contributed by atoms with Gasteiger partial charge in [-0.2, -0.15) is 0 Å². The molecule has 1 unspecified atom stereocenters. The summed E-state index contributed by atoms with van der Waals surface area (Å²) in [5.74, 6) is -1.68. The predicted molar refractivity (Wildman–Crippen MR) is 82.9 cm³/mol. The molecule has 1 aromatic carbocycles. The molecule has 0 aliphatic carbocycles. The lowest BCUT2D eigenvalue weighted by atomic mass is 10.0. The third-order valence-electron chi connectivity index (χ3n) is 3.31. The Morgan fingerprint density at radius 1 is 1.27 bits per heavy atom. The molecule has 0 spiro atoms. The molecule has 116 valence electrons. The van der Waals surface area contributed by atoms with Crippen molar-refractivity contribution in [2.24, 2.45) is 5.92 Å². The zero-order chi connectivity index (χ0) is 16.3. The van der Waals surface area contributed by atoms with E-state index < -0.39 is 23.5 Å². The number of nitrogens with one attached hydrogen (secondary N) is 2. The topological polar surface area (TPSA) is 99.3 Å². The molecule has 0 saturated carbocycles. The summed E-state index contributed by atoms with van der Waals surface area (Å²) < 4.78 is 0. The molecule has 0 bridgehead atoms. The van der Waals surface area contributed by atoms with Crippen molar-refractivity contribution >= 4 is 22.8 Å². The lowest BCUT2D eigenvalue weighted by Crippen LogP contribution is -2.43. The summed E-state index contributed by atoms with van der Waals surface area (Å²) in [4.78, 5) is 38.0. The minimum Gasteiger partial charge on any atom is -0.480 e. The smallest absolute Gasteiger partial charge is 0.326 e. The second kappa shape index (κ2) is 6.43. The summed E-state index contributed by atoms with van der Waals surface area (Å²) >= 11 is 0. The summed E-state index contributed by atoms with van der Waals surface area (Å²) in [5, 5.41) is 12.3. The highest BCUT2D eigenvalue weighted by Crippen LogP contribution is 2.11. The quantitative estimate of drug-likeness (QED) is 0.783. The summed E-state index contributed by atoms with van der Waals surface area (Å²) in [5.41, 5.74) is -0.000364. The number of rotatable bonds is 5. The Hall–Kier alpha value is -2.63. The average Bonchev–Trinajstić information content (AvgIpc) is 2.45. The number of aromatic nitrogens is 1. The maximum Gasteiger partial charge on any atom is 0.326 e. The Balaban J connectivity index is 2.30. The monoisotopic (exact) mass is 302 g/mol. The number of para-hydroxylation sites is 1. The van der Waals surface area contributed by atoms with Crippen molar-refractivity contribution in [1.82, 2.24) is 10.3 Å². The number of aliphatic carboxylic acids is 1. The van der Waals surface area contributed by atoms with E-state index in [4.69, 9.17) is 5.11 Å². The molecule has 2 rings (SSSR count). The van der Waals surface area contributed by atoms with E-state index in [1.807, 2.05) is 13.8 Å². The second-order valence-corrected chi connectivity index (χ2v) is 5.59. The first-order valence-electron chi connectivity index (χ1n) is 7.04. The van der Waals surface area contributed by atoms with Gasteiger partial charge >= 0.3 is 5.97 Å². The molecule has 0 saturated heterocycles. The second-order valence-electron chi connectivity index (χ2n) is 5.59. The number of amides is 1. The maximum atomic E-state index is 12.2. The minimum absolute atomic E-state index is 0.0892. The Morgan fingerprint density at radius 2 is 1.95 bits per heavy atom. The van der Waals surface area contributed by atoms with Gasteiger partial charge in [0.2, 0.25) is 0 Å². The van der Waals surface area contributed by atoms with Crippen molar-refractivity contribution in [3.8, 4) is 0 Å². The van der Waals surface area contributed by atoms with Gasteiger partial charge in [0.15, 0.2) is 0 Å². The van der Waals surface area contributed by atoms with Crippen molar-refractivity contribution in [3.05, 3.63) is 46.2 Å². The molecular formula is C16H18N2O4. The van der Waals surface area contributed by atoms with Crippen LogP contribution in [0.15, 0.2) is 35.1 Å². The average molecular weight is 302 g/mol. The van der Waals surface area contributed by atoms with Gasteiger partial charge in [-0.3, -0.25) is 9.59 Å². The Labute approximate surface area is 127 Å². The lowest BCUT2D eigenvalue weighted by molar-refractivity contribution is -0.139. The van der Waals surface area contributed by atoms with E-state index in [0.29, 0.717) is 17.3 Å². The molecule has 22 heavy (non-hydrogen) atoms. The number of benzene rings is 1. The van der Waals surface area contributed by atoms with Crippen LogP contribution in [0.4, 0.5) is 0 Å². The maximum absolute atomic E-state index is 12.2. The summed E-state index contributed by atoms with van der Waals surface area (Å²) in [7, 11) is 0. The fourth-order valence-corrected chi connectivity index (χ4v) is 2.24. The van der Waals surface area contributed by atoms with Crippen LogP contribution >= 0.6 is 0 Å². The number of hydrogen-bond donors (Lipinski definition) is 3. The zero-order valence-electron chi connectivity index (χ0n) is 12.4. The van der Waals surface area contributed by atoms with E-state index in [-0.39, 0.29) is 11.5 Å². The van der Waals surface area contributed by atoms with Crippen LogP contribution < -0.4 is 10.9 Å². The van der Waals surface area contributed by atoms with E-state index in [1.165, 1.54) is 6.07 Å². The van der Waals surface area contributed by atoms with Gasteiger partial charge in [0.1, 0.15) is 11.6 Å². The summed E-state index contributed by atoms with van der Waals surface area (Å²) in [6.45, 7) is 3.73. The van der Waals surface area contributed by atoms with Crippen molar-refractivity contribution < 1.29 is 14.7 Å². The van der Waals surface area contributed by atoms with E-state index in [0.717, 1.165) is 0 Å². The molecule has 0 radical (unpaired) electrons. The molecule has 1 atom stereocenters. The van der Waals surface area contributed by atoms with Crippen molar-refractivity contribution in [2.45, 2.75) is 26.3 Å². The van der Waals surface area contributed by atoms with Crippen molar-refractivity contribution in [2.75, 3.05) is 0 Å². The molecule has 3 N–H and O–H groups in total. The van der Waals surface area contributed by atoms with Crippen LogP contribution in [0, 0.1) is 5.92 Å². The highest BCUT2D eigenvalue weighted by Gasteiger charge is 2.23. The number of carboxylic acids is 1. The molecule has 1 aromatic heterocycles. The van der Waals surface area contributed by atoms with Crippen LogP contribution in [0.3, 0.4) is 0 Å². The number of carbonyl (C=O) groups is 2. The number of fused-ring (bicyclic) bond motifs is 1. The molecule has 1 amide bonds. The SMILES string of the molecule is CC(C)CC(NC(=O)c1cc2ccccc2[nH]c1=O)C(=O)O. The van der Waals surface area contributed by atoms with Gasteiger partial charge in [-0.05, 0) is 29.9 Å². The minimum atomic E-state index is -1.11. The number of carboxylic acid groups (broad SMARTS) is 1. The number of pyridine rings is 1. The number of H-pyrrole nitrogens is 1. The fraction of sp³-hybridized carbons (Fsp3) is 0.312. The fourth-order valence-electron chi connectivity index (χ4n) is 2.24. The van der Waals surface area contributed by atoms with Gasteiger partial charge in [-0.25, -0.2) is 4.79 Å². The van der Waals surface area contributed by atoms with Crippen LogP contribution in [0.5, 0.6) is 0 Å². The van der Waals surface area contributed by atoms with Gasteiger partial charge in [-0.15, -0.1) is 0 Å². The first-order chi connectivity index (χ1) is 10.4. The van der Waals surface area contributed by atoms with E-state index in [1.54, 1.807) is 24.3 Å². The van der Waals surface area contributed by atoms with Crippen molar-refractivity contribution in [3.63, 3.8) is 0 Å². The zero-order valence-corrected chi connectivity index (χ0v) is 12.4. The Morgan fingerprint density at radius 3 is 2.59 bits per heavy atom.